The van der Waals surface area contributed by atoms with E-state index in [0.717, 1.165) is 0 Å². The Labute approximate surface area is 121 Å². The van der Waals surface area contributed by atoms with Crippen LogP contribution in [-0.4, -0.2) is 29.1 Å². The van der Waals surface area contributed by atoms with Crippen molar-refractivity contribution in [1.82, 2.24) is 10.3 Å². The molecule has 112 valence electrons. The molecule has 21 heavy (non-hydrogen) atoms. The van der Waals surface area contributed by atoms with Gasteiger partial charge in [0.2, 0.25) is 11.8 Å². The number of hydrogen-bond donors (Lipinski definition) is 2. The molecule has 1 aromatic heterocycles. The molecule has 0 aliphatic carbocycles. The SMILES string of the molecule is CC(CO)CNC(=O)Cc1coc(-c2ccc(F)cc2)n1. The number of halogens is 1. The summed E-state index contributed by atoms with van der Waals surface area (Å²) < 4.78 is 18.1. The maximum Gasteiger partial charge on any atom is 0.226 e. The summed E-state index contributed by atoms with van der Waals surface area (Å²) in [5.74, 6) is -0.153. The maximum absolute atomic E-state index is 12.8. The predicted molar refractivity (Wildman–Crippen MR) is 74.9 cm³/mol. The summed E-state index contributed by atoms with van der Waals surface area (Å²) in [6.45, 7) is 2.28. The van der Waals surface area contributed by atoms with Crippen molar-refractivity contribution >= 4 is 5.91 Å². The molecular weight excluding hydrogens is 275 g/mol. The summed E-state index contributed by atoms with van der Waals surface area (Å²) in [7, 11) is 0. The lowest BCUT2D eigenvalue weighted by Gasteiger charge is -2.08. The number of amides is 1. The summed E-state index contributed by atoms with van der Waals surface area (Å²) in [6, 6.07) is 5.77. The third-order valence-corrected chi connectivity index (χ3v) is 2.94. The molecule has 0 aliphatic rings. The van der Waals surface area contributed by atoms with Crippen LogP contribution >= 0.6 is 0 Å². The lowest BCUT2D eigenvalue weighted by Crippen LogP contribution is -2.30. The number of carbonyl (C=O) groups is 1. The van der Waals surface area contributed by atoms with Crippen molar-refractivity contribution in [3.63, 3.8) is 0 Å². The van der Waals surface area contributed by atoms with Crippen LogP contribution in [0.5, 0.6) is 0 Å². The van der Waals surface area contributed by atoms with Crippen molar-refractivity contribution < 1.29 is 18.7 Å². The molecular formula is C15H17FN2O3. The minimum Gasteiger partial charge on any atom is -0.444 e. The fraction of sp³-hybridized carbons (Fsp3) is 0.333. The summed E-state index contributed by atoms with van der Waals surface area (Å²) in [4.78, 5) is 15.9. The van der Waals surface area contributed by atoms with E-state index in [1.807, 2.05) is 6.92 Å². The predicted octanol–water partition coefficient (Wildman–Crippen LogP) is 1.77. The molecule has 0 bridgehead atoms. The zero-order valence-corrected chi connectivity index (χ0v) is 11.7. The number of aromatic nitrogens is 1. The molecule has 0 saturated carbocycles. The molecule has 2 rings (SSSR count). The van der Waals surface area contributed by atoms with Gasteiger partial charge in [-0.2, -0.15) is 0 Å². The third-order valence-electron chi connectivity index (χ3n) is 2.94. The van der Waals surface area contributed by atoms with Gasteiger partial charge >= 0.3 is 0 Å². The molecule has 5 nitrogen and oxygen atoms in total. The standard InChI is InChI=1S/C15H17FN2O3/c1-10(8-19)7-17-14(20)6-13-9-21-15(18-13)11-2-4-12(16)5-3-11/h2-5,9-10,19H,6-8H2,1H3,(H,17,20). The average molecular weight is 292 g/mol. The van der Waals surface area contributed by atoms with Crippen LogP contribution in [-0.2, 0) is 11.2 Å². The molecule has 0 saturated heterocycles. The number of nitrogens with one attached hydrogen (secondary N) is 1. The van der Waals surface area contributed by atoms with Gasteiger partial charge in [-0.3, -0.25) is 4.79 Å². The first-order valence-electron chi connectivity index (χ1n) is 6.66. The average Bonchev–Trinajstić information content (AvgIpc) is 2.94. The first-order valence-corrected chi connectivity index (χ1v) is 6.66. The summed E-state index contributed by atoms with van der Waals surface area (Å²) in [6.07, 6.45) is 1.51. The molecule has 0 aliphatic heterocycles. The van der Waals surface area contributed by atoms with Crippen molar-refractivity contribution in [3.05, 3.63) is 42.0 Å². The second-order valence-electron chi connectivity index (χ2n) is 4.92. The lowest BCUT2D eigenvalue weighted by atomic mass is 10.2. The third kappa shape index (κ3) is 4.39. The topological polar surface area (TPSA) is 75.4 Å². The molecule has 2 aromatic rings. The molecule has 0 fully saturated rings. The number of oxazole rings is 1. The molecule has 1 aromatic carbocycles. The summed E-state index contributed by atoms with van der Waals surface area (Å²) >= 11 is 0. The lowest BCUT2D eigenvalue weighted by molar-refractivity contribution is -0.120. The fourth-order valence-electron chi connectivity index (χ4n) is 1.69. The molecule has 6 heteroatoms. The first kappa shape index (κ1) is 15.2. The van der Waals surface area contributed by atoms with E-state index in [9.17, 15) is 9.18 Å². The molecule has 1 amide bonds. The van der Waals surface area contributed by atoms with E-state index < -0.39 is 0 Å². The van der Waals surface area contributed by atoms with Gasteiger partial charge in [0.25, 0.3) is 0 Å². The monoisotopic (exact) mass is 292 g/mol. The molecule has 1 heterocycles. The quantitative estimate of drug-likeness (QED) is 0.851. The number of aliphatic hydroxyl groups excluding tert-OH is 1. The van der Waals surface area contributed by atoms with Gasteiger partial charge in [0.15, 0.2) is 0 Å². The van der Waals surface area contributed by atoms with Crippen molar-refractivity contribution in [1.29, 1.82) is 0 Å². The number of carbonyl (C=O) groups excluding carboxylic acids is 1. The highest BCUT2D eigenvalue weighted by Crippen LogP contribution is 2.19. The largest absolute Gasteiger partial charge is 0.444 e. The highest BCUT2D eigenvalue weighted by Gasteiger charge is 2.11. The van der Waals surface area contributed by atoms with Gasteiger partial charge in [-0.05, 0) is 30.2 Å². The van der Waals surface area contributed by atoms with Crippen LogP contribution in [0.25, 0.3) is 11.5 Å². The van der Waals surface area contributed by atoms with Crippen LogP contribution in [0, 0.1) is 11.7 Å². The zero-order chi connectivity index (χ0) is 15.2. The zero-order valence-electron chi connectivity index (χ0n) is 11.7. The van der Waals surface area contributed by atoms with Gasteiger partial charge in [-0.25, -0.2) is 9.37 Å². The van der Waals surface area contributed by atoms with E-state index in [4.69, 9.17) is 9.52 Å². The first-order chi connectivity index (χ1) is 10.1. The van der Waals surface area contributed by atoms with E-state index in [0.29, 0.717) is 23.7 Å². The Kier molecular flexibility index (Phi) is 5.05. The van der Waals surface area contributed by atoms with Gasteiger partial charge < -0.3 is 14.8 Å². The fourth-order valence-corrected chi connectivity index (χ4v) is 1.69. The number of aliphatic hydroxyl groups is 1. The summed E-state index contributed by atoms with van der Waals surface area (Å²) in [5, 5.41) is 11.6. The highest BCUT2D eigenvalue weighted by atomic mass is 19.1. The Morgan fingerprint density at radius 1 is 1.43 bits per heavy atom. The van der Waals surface area contributed by atoms with Gasteiger partial charge in [-0.1, -0.05) is 6.92 Å². The van der Waals surface area contributed by atoms with Gasteiger partial charge in [0, 0.05) is 18.7 Å². The van der Waals surface area contributed by atoms with Gasteiger partial charge in [0.05, 0.1) is 12.1 Å². The van der Waals surface area contributed by atoms with E-state index >= 15 is 0 Å². The minimum absolute atomic E-state index is 0.0148. The van der Waals surface area contributed by atoms with Crippen LogP contribution in [0.4, 0.5) is 4.39 Å². The molecule has 2 N–H and O–H groups in total. The Balaban J connectivity index is 1.94. The van der Waals surface area contributed by atoms with Crippen molar-refractivity contribution in [3.8, 4) is 11.5 Å². The van der Waals surface area contributed by atoms with Crippen LogP contribution in [0.2, 0.25) is 0 Å². The Morgan fingerprint density at radius 3 is 2.81 bits per heavy atom. The number of rotatable bonds is 6. The normalized spacial score (nSPS) is 12.1. The smallest absolute Gasteiger partial charge is 0.226 e. The van der Waals surface area contributed by atoms with Crippen LogP contribution in [0.15, 0.2) is 34.9 Å². The van der Waals surface area contributed by atoms with Crippen molar-refractivity contribution in [2.75, 3.05) is 13.2 Å². The Morgan fingerprint density at radius 2 is 2.14 bits per heavy atom. The van der Waals surface area contributed by atoms with E-state index in [1.165, 1.54) is 18.4 Å². The number of benzene rings is 1. The molecule has 1 unspecified atom stereocenters. The molecule has 1 atom stereocenters. The highest BCUT2D eigenvalue weighted by molar-refractivity contribution is 5.78. The van der Waals surface area contributed by atoms with Gasteiger partial charge in [-0.15, -0.1) is 0 Å². The number of nitrogens with zero attached hydrogens (tertiary/aromatic N) is 1. The molecule has 0 spiro atoms. The Bertz CT molecular complexity index is 595. The van der Waals surface area contributed by atoms with E-state index in [1.54, 1.807) is 12.1 Å². The van der Waals surface area contributed by atoms with Gasteiger partial charge in [0.1, 0.15) is 12.1 Å². The van der Waals surface area contributed by atoms with Crippen LogP contribution < -0.4 is 5.32 Å². The number of hydrogen-bond acceptors (Lipinski definition) is 4. The second-order valence-corrected chi connectivity index (χ2v) is 4.92. The van der Waals surface area contributed by atoms with Crippen molar-refractivity contribution in [2.45, 2.75) is 13.3 Å². The van der Waals surface area contributed by atoms with Crippen molar-refractivity contribution in [2.24, 2.45) is 5.92 Å². The second kappa shape index (κ2) is 6.99. The Hall–Kier alpha value is -2.21. The summed E-state index contributed by atoms with van der Waals surface area (Å²) in [5.41, 5.74) is 1.15. The van der Waals surface area contributed by atoms with E-state index in [2.05, 4.69) is 10.3 Å². The minimum atomic E-state index is -0.331. The molecule has 0 radical (unpaired) electrons. The van der Waals surface area contributed by atoms with Crippen LogP contribution in [0.3, 0.4) is 0 Å². The maximum atomic E-state index is 12.8. The van der Waals surface area contributed by atoms with E-state index in [-0.39, 0.29) is 30.7 Å². The van der Waals surface area contributed by atoms with Crippen LogP contribution in [0.1, 0.15) is 12.6 Å².